The number of hydrogen-bond acceptors (Lipinski definition) is 4. The summed E-state index contributed by atoms with van der Waals surface area (Å²) in [4.78, 5) is 14.1. The predicted molar refractivity (Wildman–Crippen MR) is 80.4 cm³/mol. The van der Waals surface area contributed by atoms with Crippen LogP contribution in [0.2, 0.25) is 0 Å². The summed E-state index contributed by atoms with van der Waals surface area (Å²) in [6, 6.07) is 9.74. The van der Waals surface area contributed by atoms with E-state index in [2.05, 4.69) is 5.32 Å². The summed E-state index contributed by atoms with van der Waals surface area (Å²) in [6.45, 7) is 1.07. The molecule has 2 heterocycles. The zero-order valence-electron chi connectivity index (χ0n) is 11.9. The van der Waals surface area contributed by atoms with Gasteiger partial charge in [-0.05, 0) is 24.3 Å². The van der Waals surface area contributed by atoms with E-state index < -0.39 is 9.84 Å². The molecule has 0 bridgehead atoms. The molecule has 2 atom stereocenters. The molecule has 21 heavy (non-hydrogen) atoms. The fourth-order valence-electron chi connectivity index (χ4n) is 3.10. The lowest BCUT2D eigenvalue weighted by molar-refractivity contribution is -0.129. The Kier molecular flexibility index (Phi) is 3.99. The highest BCUT2D eigenvalue weighted by Gasteiger charge is 2.35. The average molecular weight is 308 g/mol. The van der Waals surface area contributed by atoms with Gasteiger partial charge in [-0.2, -0.15) is 0 Å². The van der Waals surface area contributed by atoms with E-state index in [-0.39, 0.29) is 29.4 Å². The van der Waals surface area contributed by atoms with E-state index in [1.165, 1.54) is 0 Å². The van der Waals surface area contributed by atoms with Gasteiger partial charge >= 0.3 is 0 Å². The first kappa shape index (κ1) is 14.5. The molecule has 0 saturated carbocycles. The lowest BCUT2D eigenvalue weighted by Crippen LogP contribution is -2.35. The van der Waals surface area contributed by atoms with Crippen LogP contribution in [0.25, 0.3) is 0 Å². The van der Waals surface area contributed by atoms with E-state index in [4.69, 9.17) is 0 Å². The summed E-state index contributed by atoms with van der Waals surface area (Å²) in [7, 11) is -2.88. The number of carbonyl (C=O) groups excluding carboxylic acids is 1. The van der Waals surface area contributed by atoms with Gasteiger partial charge in [0.2, 0.25) is 5.91 Å². The monoisotopic (exact) mass is 308 g/mol. The van der Waals surface area contributed by atoms with Crippen LogP contribution in [0.3, 0.4) is 0 Å². The topological polar surface area (TPSA) is 66.5 Å². The fraction of sp³-hybridized carbons (Fsp3) is 0.533. The maximum absolute atomic E-state index is 12.4. The normalized spacial score (nSPS) is 28.2. The number of nitrogens with zero attached hydrogens (tertiary/aromatic N) is 1. The fourth-order valence-corrected chi connectivity index (χ4v) is 4.95. The first-order chi connectivity index (χ1) is 10.0. The van der Waals surface area contributed by atoms with E-state index >= 15 is 0 Å². The number of carbonyl (C=O) groups is 1. The summed E-state index contributed by atoms with van der Waals surface area (Å²) in [6.07, 6.45) is 1.36. The first-order valence-corrected chi connectivity index (χ1v) is 9.12. The lowest BCUT2D eigenvalue weighted by atomic mass is 10.1. The Balaban J connectivity index is 1.57. The van der Waals surface area contributed by atoms with Gasteiger partial charge < -0.3 is 4.90 Å². The maximum Gasteiger partial charge on any atom is 0.241 e. The lowest BCUT2D eigenvalue weighted by Gasteiger charge is -2.19. The zero-order chi connectivity index (χ0) is 14.9. The second-order valence-corrected chi connectivity index (χ2v) is 8.16. The van der Waals surface area contributed by atoms with Gasteiger partial charge in [-0.25, -0.2) is 8.42 Å². The predicted octanol–water partition coefficient (Wildman–Crippen LogP) is 0.422. The third kappa shape index (κ3) is 3.44. The van der Waals surface area contributed by atoms with Gasteiger partial charge in [-0.3, -0.25) is 10.1 Å². The Bertz CT molecular complexity index is 615. The molecule has 5 nitrogen and oxygen atoms in total. The van der Waals surface area contributed by atoms with Crippen LogP contribution >= 0.6 is 0 Å². The van der Waals surface area contributed by atoms with Gasteiger partial charge in [-0.1, -0.05) is 30.3 Å². The Morgan fingerprint density at radius 2 is 2.00 bits per heavy atom. The quantitative estimate of drug-likeness (QED) is 0.875. The number of nitrogens with one attached hydrogen (secondary N) is 1. The van der Waals surface area contributed by atoms with Crippen molar-refractivity contribution in [2.75, 3.05) is 24.7 Å². The molecule has 2 unspecified atom stereocenters. The number of rotatable bonds is 4. The Hall–Kier alpha value is -1.40. The molecule has 3 rings (SSSR count). The molecule has 1 aromatic rings. The Morgan fingerprint density at radius 3 is 2.67 bits per heavy atom. The average Bonchev–Trinajstić information content (AvgIpc) is 2.97. The summed E-state index contributed by atoms with van der Waals surface area (Å²) < 4.78 is 23.0. The molecule has 0 radical (unpaired) electrons. The molecule has 0 aliphatic carbocycles. The Labute approximate surface area is 125 Å². The molecule has 2 fully saturated rings. The number of amides is 1. The maximum atomic E-state index is 12.4. The van der Waals surface area contributed by atoms with Crippen molar-refractivity contribution in [3.63, 3.8) is 0 Å². The molecule has 1 N–H and O–H groups in total. The molecule has 2 aliphatic rings. The number of benzene rings is 1. The highest BCUT2D eigenvalue weighted by Crippen LogP contribution is 2.21. The second-order valence-electron chi connectivity index (χ2n) is 5.93. The van der Waals surface area contributed by atoms with Crippen molar-refractivity contribution in [2.24, 2.45) is 5.92 Å². The van der Waals surface area contributed by atoms with Crippen molar-refractivity contribution >= 4 is 15.7 Å². The van der Waals surface area contributed by atoms with Crippen molar-refractivity contribution in [2.45, 2.75) is 18.9 Å². The van der Waals surface area contributed by atoms with Gasteiger partial charge in [0.25, 0.3) is 0 Å². The van der Waals surface area contributed by atoms with Gasteiger partial charge in [-0.15, -0.1) is 0 Å². The van der Waals surface area contributed by atoms with Gasteiger partial charge in [0.15, 0.2) is 9.84 Å². The third-order valence-corrected chi connectivity index (χ3v) is 6.06. The summed E-state index contributed by atoms with van der Waals surface area (Å²) in [5, 5.41) is 3.23. The SMILES string of the molecule is O=C1C(Cc2ccccc2)NCN1CC1CCS(=O)(=O)C1. The molecule has 0 spiro atoms. The van der Waals surface area contributed by atoms with Crippen LogP contribution in [-0.4, -0.2) is 50.0 Å². The minimum Gasteiger partial charge on any atom is -0.328 e. The van der Waals surface area contributed by atoms with Crippen LogP contribution in [0.5, 0.6) is 0 Å². The third-order valence-electron chi connectivity index (χ3n) is 4.23. The molecule has 2 aliphatic heterocycles. The van der Waals surface area contributed by atoms with Crippen LogP contribution in [0.1, 0.15) is 12.0 Å². The molecule has 6 heteroatoms. The van der Waals surface area contributed by atoms with Crippen molar-refractivity contribution in [1.82, 2.24) is 10.2 Å². The van der Waals surface area contributed by atoms with Crippen LogP contribution < -0.4 is 5.32 Å². The molecular weight excluding hydrogens is 288 g/mol. The van der Waals surface area contributed by atoms with E-state index in [1.807, 2.05) is 30.3 Å². The molecular formula is C15H20N2O3S. The highest BCUT2D eigenvalue weighted by molar-refractivity contribution is 7.91. The van der Waals surface area contributed by atoms with Crippen molar-refractivity contribution in [3.8, 4) is 0 Å². The smallest absolute Gasteiger partial charge is 0.241 e. The summed E-state index contributed by atoms with van der Waals surface area (Å²) in [5.41, 5.74) is 1.13. The van der Waals surface area contributed by atoms with Crippen molar-refractivity contribution in [3.05, 3.63) is 35.9 Å². The van der Waals surface area contributed by atoms with Gasteiger partial charge in [0.05, 0.1) is 24.2 Å². The van der Waals surface area contributed by atoms with Crippen LogP contribution in [-0.2, 0) is 21.1 Å². The minimum atomic E-state index is -2.88. The molecule has 1 aromatic carbocycles. The minimum absolute atomic E-state index is 0.0863. The Morgan fingerprint density at radius 1 is 1.24 bits per heavy atom. The molecule has 2 saturated heterocycles. The van der Waals surface area contributed by atoms with Gasteiger partial charge in [0, 0.05) is 6.54 Å². The number of sulfone groups is 1. The van der Waals surface area contributed by atoms with E-state index in [1.54, 1.807) is 4.90 Å². The largest absolute Gasteiger partial charge is 0.328 e. The summed E-state index contributed by atoms with van der Waals surface area (Å²) >= 11 is 0. The standard InChI is InChI=1S/C15H20N2O3S/c18-15-14(8-12-4-2-1-3-5-12)16-11-17(15)9-13-6-7-21(19,20)10-13/h1-5,13-14,16H,6-11H2. The van der Waals surface area contributed by atoms with E-state index in [0.29, 0.717) is 26.1 Å². The van der Waals surface area contributed by atoms with Gasteiger partial charge in [0.1, 0.15) is 0 Å². The zero-order valence-corrected chi connectivity index (χ0v) is 12.7. The van der Waals surface area contributed by atoms with Crippen LogP contribution in [0.15, 0.2) is 30.3 Å². The molecule has 0 aromatic heterocycles. The van der Waals surface area contributed by atoms with Crippen LogP contribution in [0.4, 0.5) is 0 Å². The summed E-state index contributed by atoms with van der Waals surface area (Å²) in [5.74, 6) is 0.667. The first-order valence-electron chi connectivity index (χ1n) is 7.30. The van der Waals surface area contributed by atoms with Crippen LogP contribution in [0, 0.1) is 5.92 Å². The van der Waals surface area contributed by atoms with E-state index in [0.717, 1.165) is 5.56 Å². The number of hydrogen-bond donors (Lipinski definition) is 1. The van der Waals surface area contributed by atoms with E-state index in [9.17, 15) is 13.2 Å². The second kappa shape index (κ2) is 5.77. The highest BCUT2D eigenvalue weighted by atomic mass is 32.2. The van der Waals surface area contributed by atoms with Crippen molar-refractivity contribution in [1.29, 1.82) is 0 Å². The molecule has 1 amide bonds. The molecule has 114 valence electrons. The van der Waals surface area contributed by atoms with Crippen molar-refractivity contribution < 1.29 is 13.2 Å².